The van der Waals surface area contributed by atoms with E-state index in [0.29, 0.717) is 4.91 Å². The fourth-order valence-corrected chi connectivity index (χ4v) is 1.12. The topological polar surface area (TPSA) is 46.2 Å². The van der Waals surface area contributed by atoms with Crippen molar-refractivity contribution in [3.8, 4) is 0 Å². The number of carbonyl (C=O) groups is 2. The first-order chi connectivity index (χ1) is 4.24. The number of hydrogen-bond acceptors (Lipinski definition) is 3. The lowest BCUT2D eigenvalue weighted by Crippen LogP contribution is -2.17. The average molecular weight is 143 g/mol. The smallest absolute Gasteiger partial charge is 0.282 e. The van der Waals surface area contributed by atoms with Crippen molar-refractivity contribution in [2.24, 2.45) is 0 Å². The third-order valence-electron chi connectivity index (χ3n) is 0.904. The molecule has 0 atom stereocenters. The van der Waals surface area contributed by atoms with E-state index in [1.807, 2.05) is 0 Å². The Morgan fingerprint density at radius 3 is 2.44 bits per heavy atom. The van der Waals surface area contributed by atoms with Crippen molar-refractivity contribution in [2.45, 2.75) is 6.92 Å². The quantitative estimate of drug-likeness (QED) is 0.512. The van der Waals surface area contributed by atoms with Crippen LogP contribution in [0.2, 0.25) is 0 Å². The molecule has 4 heteroatoms. The van der Waals surface area contributed by atoms with Crippen molar-refractivity contribution < 1.29 is 9.59 Å². The maximum atomic E-state index is 10.6. The van der Waals surface area contributed by atoms with E-state index in [-0.39, 0.29) is 11.1 Å². The molecule has 1 fully saturated rings. The van der Waals surface area contributed by atoms with Crippen LogP contribution in [0.15, 0.2) is 11.0 Å². The molecule has 0 aromatic carbocycles. The first-order valence-corrected chi connectivity index (χ1v) is 3.25. The van der Waals surface area contributed by atoms with Gasteiger partial charge in [-0.3, -0.25) is 14.9 Å². The molecule has 3 nitrogen and oxygen atoms in total. The number of rotatable bonds is 0. The minimum Gasteiger partial charge on any atom is -0.282 e. The minimum atomic E-state index is -0.285. The van der Waals surface area contributed by atoms with E-state index >= 15 is 0 Å². The van der Waals surface area contributed by atoms with Crippen molar-refractivity contribution in [1.82, 2.24) is 5.32 Å². The molecule has 1 rings (SSSR count). The van der Waals surface area contributed by atoms with Crippen LogP contribution in [-0.4, -0.2) is 11.1 Å². The van der Waals surface area contributed by atoms with Gasteiger partial charge in [0.15, 0.2) is 0 Å². The van der Waals surface area contributed by atoms with Crippen molar-refractivity contribution in [1.29, 1.82) is 0 Å². The third kappa shape index (κ3) is 1.13. The molecule has 0 radical (unpaired) electrons. The molecule has 1 saturated heterocycles. The summed E-state index contributed by atoms with van der Waals surface area (Å²) >= 11 is 0.935. The number of amides is 2. The molecule has 0 aromatic rings. The normalized spacial score (nSPS) is 23.0. The molecule has 2 amide bonds. The molecule has 1 aliphatic rings. The summed E-state index contributed by atoms with van der Waals surface area (Å²) in [6.45, 7) is 1.72. The van der Waals surface area contributed by atoms with Crippen LogP contribution in [0.1, 0.15) is 6.92 Å². The van der Waals surface area contributed by atoms with E-state index in [1.165, 1.54) is 0 Å². The lowest BCUT2D eigenvalue weighted by molar-refractivity contribution is -0.115. The van der Waals surface area contributed by atoms with Crippen LogP contribution in [0.3, 0.4) is 0 Å². The average Bonchev–Trinajstić information content (AvgIpc) is 2.10. The molecule has 0 bridgehead atoms. The molecule has 0 spiro atoms. The summed E-state index contributed by atoms with van der Waals surface area (Å²) < 4.78 is 0. The molecule has 0 aromatic heterocycles. The molecule has 9 heavy (non-hydrogen) atoms. The van der Waals surface area contributed by atoms with Crippen LogP contribution >= 0.6 is 11.8 Å². The monoisotopic (exact) mass is 143 g/mol. The van der Waals surface area contributed by atoms with Crippen molar-refractivity contribution in [3.63, 3.8) is 0 Å². The number of carbonyl (C=O) groups excluding carboxylic acids is 2. The Balaban J connectivity index is 2.81. The van der Waals surface area contributed by atoms with Gasteiger partial charge in [-0.15, -0.1) is 0 Å². The van der Waals surface area contributed by atoms with Crippen LogP contribution in [0, 0.1) is 0 Å². The van der Waals surface area contributed by atoms with Crippen molar-refractivity contribution in [3.05, 3.63) is 11.0 Å². The largest absolute Gasteiger partial charge is 0.290 e. The molecular weight excluding hydrogens is 138 g/mol. The molecule has 0 saturated carbocycles. The standard InChI is InChI=1S/C5H5NO2S/c1-2-3-4(7)6-5(8)9-3/h2H,1H3,(H,6,7,8)/b3-2+. The molecule has 1 aliphatic heterocycles. The highest BCUT2D eigenvalue weighted by atomic mass is 32.2. The second-order valence-electron chi connectivity index (χ2n) is 1.50. The molecule has 0 aliphatic carbocycles. The lowest BCUT2D eigenvalue weighted by Gasteiger charge is -1.81. The van der Waals surface area contributed by atoms with Crippen LogP contribution in [0.5, 0.6) is 0 Å². The number of thioether (sulfide) groups is 1. The maximum Gasteiger partial charge on any atom is 0.290 e. The van der Waals surface area contributed by atoms with Gasteiger partial charge in [-0.2, -0.15) is 0 Å². The maximum absolute atomic E-state index is 10.6. The van der Waals surface area contributed by atoms with Crippen LogP contribution < -0.4 is 5.32 Å². The van der Waals surface area contributed by atoms with Crippen molar-refractivity contribution >= 4 is 22.9 Å². The zero-order valence-electron chi connectivity index (χ0n) is 4.80. The highest BCUT2D eigenvalue weighted by Crippen LogP contribution is 2.21. The van der Waals surface area contributed by atoms with Crippen molar-refractivity contribution in [2.75, 3.05) is 0 Å². The van der Waals surface area contributed by atoms with E-state index in [4.69, 9.17) is 0 Å². The highest BCUT2D eigenvalue weighted by Gasteiger charge is 2.23. The van der Waals surface area contributed by atoms with E-state index in [9.17, 15) is 9.59 Å². The number of imide groups is 1. The highest BCUT2D eigenvalue weighted by molar-refractivity contribution is 8.18. The van der Waals surface area contributed by atoms with Gasteiger partial charge in [-0.1, -0.05) is 6.08 Å². The number of hydrogen-bond donors (Lipinski definition) is 1. The minimum absolute atomic E-state index is 0.284. The predicted octanol–water partition coefficient (Wildman–Crippen LogP) is 0.873. The number of nitrogens with one attached hydrogen (secondary N) is 1. The SMILES string of the molecule is C/C=C1/SC(=O)NC1=O. The van der Waals surface area contributed by atoms with Gasteiger partial charge in [0, 0.05) is 0 Å². The number of allylic oxidation sites excluding steroid dienone is 1. The Bertz CT molecular complexity index is 197. The summed E-state index contributed by atoms with van der Waals surface area (Å²) in [4.78, 5) is 21.5. The van der Waals surface area contributed by atoms with Gasteiger partial charge < -0.3 is 0 Å². The first kappa shape index (κ1) is 6.35. The van der Waals surface area contributed by atoms with E-state index in [2.05, 4.69) is 5.32 Å². The molecule has 0 unspecified atom stereocenters. The van der Waals surface area contributed by atoms with Gasteiger partial charge in [-0.25, -0.2) is 0 Å². The van der Waals surface area contributed by atoms with E-state index < -0.39 is 0 Å². The zero-order valence-corrected chi connectivity index (χ0v) is 5.62. The summed E-state index contributed by atoms with van der Waals surface area (Å²) in [6.07, 6.45) is 1.62. The zero-order chi connectivity index (χ0) is 6.85. The van der Waals surface area contributed by atoms with Crippen LogP contribution in [-0.2, 0) is 4.79 Å². The Kier molecular flexibility index (Phi) is 1.57. The summed E-state index contributed by atoms with van der Waals surface area (Å²) in [6, 6.07) is 0. The first-order valence-electron chi connectivity index (χ1n) is 2.43. The fourth-order valence-electron chi connectivity index (χ4n) is 0.516. The Hall–Kier alpha value is -0.770. The summed E-state index contributed by atoms with van der Waals surface area (Å²) in [5, 5.41) is 1.85. The summed E-state index contributed by atoms with van der Waals surface area (Å²) in [7, 11) is 0. The third-order valence-corrected chi connectivity index (χ3v) is 1.83. The van der Waals surface area contributed by atoms with Crippen LogP contribution in [0.25, 0.3) is 0 Å². The predicted molar refractivity (Wildman–Crippen MR) is 34.9 cm³/mol. The van der Waals surface area contributed by atoms with Gasteiger partial charge in [0.25, 0.3) is 11.1 Å². The Morgan fingerprint density at radius 1 is 1.56 bits per heavy atom. The Labute approximate surface area is 56.5 Å². The second-order valence-corrected chi connectivity index (χ2v) is 2.51. The van der Waals surface area contributed by atoms with Gasteiger partial charge in [0.2, 0.25) is 0 Å². The van der Waals surface area contributed by atoms with E-state index in [1.54, 1.807) is 13.0 Å². The Morgan fingerprint density at radius 2 is 2.22 bits per heavy atom. The van der Waals surface area contributed by atoms with Gasteiger partial charge >= 0.3 is 0 Å². The molecule has 48 valence electrons. The van der Waals surface area contributed by atoms with Gasteiger partial charge in [-0.05, 0) is 18.7 Å². The molecule has 1 N–H and O–H groups in total. The summed E-state index contributed by atoms with van der Waals surface area (Å²) in [5.74, 6) is -0.285. The molecular formula is C5H5NO2S. The lowest BCUT2D eigenvalue weighted by atomic mass is 10.5. The summed E-state index contributed by atoms with van der Waals surface area (Å²) in [5.41, 5.74) is 0. The van der Waals surface area contributed by atoms with E-state index in [0.717, 1.165) is 11.8 Å². The van der Waals surface area contributed by atoms with Gasteiger partial charge in [0.05, 0.1) is 4.91 Å². The van der Waals surface area contributed by atoms with Gasteiger partial charge in [0.1, 0.15) is 0 Å². The molecule has 1 heterocycles. The van der Waals surface area contributed by atoms with Crippen LogP contribution in [0.4, 0.5) is 4.79 Å². The second kappa shape index (κ2) is 2.23. The fraction of sp³-hybridized carbons (Fsp3) is 0.200.